The molecule has 1 amide bonds. The zero-order valence-electron chi connectivity index (χ0n) is 18.9. The van der Waals surface area contributed by atoms with Crippen LogP contribution in [0, 0.1) is 0 Å². The third kappa shape index (κ3) is 4.42. The molecule has 3 aromatic carbocycles. The van der Waals surface area contributed by atoms with Gasteiger partial charge in [0.1, 0.15) is 0 Å². The number of amides is 1. The van der Waals surface area contributed by atoms with Crippen molar-refractivity contribution in [1.82, 2.24) is 4.90 Å². The summed E-state index contributed by atoms with van der Waals surface area (Å²) in [4.78, 5) is 18.5. The summed E-state index contributed by atoms with van der Waals surface area (Å²) in [5.74, 6) is 0.247. The molecule has 0 bridgehead atoms. The van der Waals surface area contributed by atoms with E-state index in [1.165, 1.54) is 0 Å². The molecular weight excluding hydrogens is 487 g/mol. The predicted molar refractivity (Wildman–Crippen MR) is 141 cm³/mol. The lowest BCUT2D eigenvalue weighted by Crippen LogP contribution is -2.55. The van der Waals surface area contributed by atoms with Gasteiger partial charge >= 0.3 is 0 Å². The minimum atomic E-state index is -0.425. The number of benzene rings is 3. The Balaban J connectivity index is 1.49. The Morgan fingerprint density at radius 1 is 0.824 bits per heavy atom. The lowest BCUT2D eigenvalue weighted by Gasteiger charge is -2.46. The highest BCUT2D eigenvalue weighted by atomic mass is 35.5. The first-order valence-electron chi connectivity index (χ1n) is 11.8. The van der Waals surface area contributed by atoms with Crippen LogP contribution < -0.4 is 4.90 Å². The van der Waals surface area contributed by atoms with E-state index in [1.54, 1.807) is 6.07 Å². The fourth-order valence-electron chi connectivity index (χ4n) is 5.60. The fourth-order valence-corrected chi connectivity index (χ4v) is 6.25. The standard InChI is InChI=1S/C28H27Cl3N2O/c29-22-10-8-20(9-11-22)26-19-32(16-17-33(26)25-13-12-23(30)18-24(25)31)27(34)28(14-4-5-15-28)21-6-2-1-3-7-21/h1-3,6-13,18,26H,4-5,14-17,19H2. The topological polar surface area (TPSA) is 23.6 Å². The molecule has 0 N–H and O–H groups in total. The van der Waals surface area contributed by atoms with Crippen LogP contribution in [-0.2, 0) is 10.2 Å². The second-order valence-corrected chi connectivity index (χ2v) is 10.5. The van der Waals surface area contributed by atoms with E-state index in [9.17, 15) is 4.79 Å². The van der Waals surface area contributed by atoms with Gasteiger partial charge in [0.2, 0.25) is 5.91 Å². The Bertz CT molecular complexity index is 1160. The van der Waals surface area contributed by atoms with Gasteiger partial charge in [-0.2, -0.15) is 0 Å². The van der Waals surface area contributed by atoms with Crippen LogP contribution in [0.3, 0.4) is 0 Å². The number of piperazine rings is 1. The van der Waals surface area contributed by atoms with E-state index in [0.717, 1.165) is 42.5 Å². The Hall–Kier alpha value is -2.20. The third-order valence-corrected chi connectivity index (χ3v) is 8.12. The highest BCUT2D eigenvalue weighted by Crippen LogP contribution is 2.44. The van der Waals surface area contributed by atoms with Gasteiger partial charge in [-0.05, 0) is 54.3 Å². The van der Waals surface area contributed by atoms with Crippen molar-refractivity contribution < 1.29 is 4.79 Å². The number of hydrogen-bond donors (Lipinski definition) is 0. The number of hydrogen-bond acceptors (Lipinski definition) is 2. The Morgan fingerprint density at radius 2 is 1.50 bits per heavy atom. The summed E-state index contributed by atoms with van der Waals surface area (Å²) in [6.45, 7) is 1.93. The van der Waals surface area contributed by atoms with E-state index in [4.69, 9.17) is 34.8 Å². The Labute approximate surface area is 216 Å². The molecule has 1 atom stereocenters. The molecule has 5 rings (SSSR count). The maximum absolute atomic E-state index is 14.2. The van der Waals surface area contributed by atoms with Crippen LogP contribution in [0.1, 0.15) is 42.9 Å². The zero-order chi connectivity index (χ0) is 23.7. The summed E-state index contributed by atoms with van der Waals surface area (Å²) in [5, 5.41) is 1.91. The molecule has 1 unspecified atom stereocenters. The Kier molecular flexibility index (Phi) is 6.79. The highest BCUT2D eigenvalue weighted by Gasteiger charge is 2.46. The van der Waals surface area contributed by atoms with Gasteiger partial charge in [0, 0.05) is 29.7 Å². The zero-order valence-corrected chi connectivity index (χ0v) is 21.2. The van der Waals surface area contributed by atoms with Crippen LogP contribution >= 0.6 is 34.8 Å². The first kappa shape index (κ1) is 23.5. The molecule has 1 heterocycles. The summed E-state index contributed by atoms with van der Waals surface area (Å²) in [6, 6.07) is 23.8. The van der Waals surface area contributed by atoms with Crippen LogP contribution in [0.15, 0.2) is 72.8 Å². The van der Waals surface area contributed by atoms with Crippen molar-refractivity contribution in [2.24, 2.45) is 0 Å². The van der Waals surface area contributed by atoms with Crippen molar-refractivity contribution in [1.29, 1.82) is 0 Å². The molecule has 3 aromatic rings. The normalized spacial score (nSPS) is 19.9. The van der Waals surface area contributed by atoms with Gasteiger partial charge in [-0.3, -0.25) is 4.79 Å². The van der Waals surface area contributed by atoms with Gasteiger partial charge in [-0.1, -0.05) is 90.1 Å². The van der Waals surface area contributed by atoms with Crippen molar-refractivity contribution in [3.05, 3.63) is 99.0 Å². The van der Waals surface area contributed by atoms with E-state index < -0.39 is 5.41 Å². The van der Waals surface area contributed by atoms with E-state index in [2.05, 4.69) is 21.9 Å². The van der Waals surface area contributed by atoms with E-state index >= 15 is 0 Å². The first-order chi connectivity index (χ1) is 16.5. The van der Waals surface area contributed by atoms with Crippen molar-refractivity contribution >= 4 is 46.4 Å². The van der Waals surface area contributed by atoms with Gasteiger partial charge in [-0.25, -0.2) is 0 Å². The molecular formula is C28H27Cl3N2O. The minimum absolute atomic E-state index is 0.0390. The van der Waals surface area contributed by atoms with Crippen molar-refractivity contribution in [2.75, 3.05) is 24.5 Å². The monoisotopic (exact) mass is 512 g/mol. The van der Waals surface area contributed by atoms with Gasteiger partial charge in [-0.15, -0.1) is 0 Å². The van der Waals surface area contributed by atoms with Crippen LogP contribution in [-0.4, -0.2) is 30.4 Å². The molecule has 1 aliphatic carbocycles. The first-order valence-corrected chi connectivity index (χ1v) is 12.9. The van der Waals surface area contributed by atoms with Gasteiger partial charge in [0.15, 0.2) is 0 Å². The molecule has 0 spiro atoms. The number of carbonyl (C=O) groups excluding carboxylic acids is 1. The van der Waals surface area contributed by atoms with Gasteiger partial charge in [0.25, 0.3) is 0 Å². The molecule has 3 nitrogen and oxygen atoms in total. The summed E-state index contributed by atoms with van der Waals surface area (Å²) in [7, 11) is 0. The third-order valence-electron chi connectivity index (χ3n) is 7.33. The molecule has 34 heavy (non-hydrogen) atoms. The second-order valence-electron chi connectivity index (χ2n) is 9.26. The average molecular weight is 514 g/mol. The average Bonchev–Trinajstić information content (AvgIpc) is 3.36. The lowest BCUT2D eigenvalue weighted by atomic mass is 9.77. The van der Waals surface area contributed by atoms with Gasteiger partial charge < -0.3 is 9.80 Å². The van der Waals surface area contributed by atoms with E-state index in [-0.39, 0.29) is 11.9 Å². The minimum Gasteiger partial charge on any atom is -0.360 e. The molecule has 1 aliphatic heterocycles. The molecule has 0 radical (unpaired) electrons. The molecule has 6 heteroatoms. The quantitative estimate of drug-likeness (QED) is 0.359. The second kappa shape index (κ2) is 9.81. The summed E-state index contributed by atoms with van der Waals surface area (Å²) in [5.41, 5.74) is 2.75. The number of anilines is 1. The predicted octanol–water partition coefficient (Wildman–Crippen LogP) is 7.55. The molecule has 1 saturated carbocycles. The molecule has 0 aromatic heterocycles. The fraction of sp³-hybridized carbons (Fsp3) is 0.321. The molecule has 2 fully saturated rings. The summed E-state index contributed by atoms with van der Waals surface area (Å²) >= 11 is 19.0. The number of rotatable bonds is 4. The lowest BCUT2D eigenvalue weighted by molar-refractivity contribution is -0.138. The summed E-state index contributed by atoms with van der Waals surface area (Å²) in [6.07, 6.45) is 3.98. The van der Waals surface area contributed by atoms with E-state index in [0.29, 0.717) is 34.7 Å². The number of halogens is 3. The molecule has 1 saturated heterocycles. The number of nitrogens with zero attached hydrogens (tertiary/aromatic N) is 2. The van der Waals surface area contributed by atoms with Crippen molar-refractivity contribution in [3.63, 3.8) is 0 Å². The summed E-state index contributed by atoms with van der Waals surface area (Å²) < 4.78 is 0. The van der Waals surface area contributed by atoms with Crippen LogP contribution in [0.4, 0.5) is 5.69 Å². The molecule has 2 aliphatic rings. The molecule has 176 valence electrons. The maximum Gasteiger partial charge on any atom is 0.233 e. The van der Waals surface area contributed by atoms with Gasteiger partial charge in [0.05, 0.1) is 22.2 Å². The van der Waals surface area contributed by atoms with Crippen molar-refractivity contribution in [2.45, 2.75) is 37.1 Å². The highest BCUT2D eigenvalue weighted by molar-refractivity contribution is 6.36. The smallest absolute Gasteiger partial charge is 0.233 e. The van der Waals surface area contributed by atoms with E-state index in [1.807, 2.05) is 54.6 Å². The maximum atomic E-state index is 14.2. The van der Waals surface area contributed by atoms with Crippen LogP contribution in [0.2, 0.25) is 15.1 Å². The number of carbonyl (C=O) groups is 1. The Morgan fingerprint density at radius 3 is 2.18 bits per heavy atom. The van der Waals surface area contributed by atoms with Crippen LogP contribution in [0.25, 0.3) is 0 Å². The largest absolute Gasteiger partial charge is 0.360 e. The van der Waals surface area contributed by atoms with Crippen molar-refractivity contribution in [3.8, 4) is 0 Å². The van der Waals surface area contributed by atoms with Crippen LogP contribution in [0.5, 0.6) is 0 Å². The SMILES string of the molecule is O=C(N1CCN(c2ccc(Cl)cc2Cl)C(c2ccc(Cl)cc2)C1)C1(c2ccccc2)CCCC1.